The number of hydrogen-bond acceptors (Lipinski definition) is 7. The number of aromatic nitrogens is 3. The lowest BCUT2D eigenvalue weighted by molar-refractivity contribution is -0.129. The fraction of sp³-hybridized carbons (Fsp3) is 0.286. The number of anilines is 1. The number of thioether (sulfide) groups is 1. The molecule has 6 nitrogen and oxygen atoms in total. The third-order valence-corrected chi connectivity index (χ3v) is 8.12. The van der Waals surface area contributed by atoms with Gasteiger partial charge in [-0.15, -0.1) is 21.5 Å². The predicted molar refractivity (Wildman–Crippen MR) is 125 cm³/mol. The fourth-order valence-electron chi connectivity index (χ4n) is 3.68. The lowest BCUT2D eigenvalue weighted by atomic mass is 10.0. The van der Waals surface area contributed by atoms with Crippen molar-refractivity contribution in [1.29, 1.82) is 0 Å². The summed E-state index contributed by atoms with van der Waals surface area (Å²) in [4.78, 5) is 19.6. The molecule has 1 amide bonds. The van der Waals surface area contributed by atoms with Gasteiger partial charge in [0.1, 0.15) is 0 Å². The number of carbonyl (C=O) groups is 1. The first-order valence-corrected chi connectivity index (χ1v) is 12.5. The Bertz CT molecular complexity index is 1150. The van der Waals surface area contributed by atoms with Crippen molar-refractivity contribution in [2.45, 2.75) is 23.7 Å². The van der Waals surface area contributed by atoms with Crippen LogP contribution in [0.15, 0.2) is 46.1 Å². The molecule has 0 saturated carbocycles. The van der Waals surface area contributed by atoms with Crippen molar-refractivity contribution in [2.24, 2.45) is 0 Å². The van der Waals surface area contributed by atoms with Crippen LogP contribution in [0.25, 0.3) is 10.9 Å². The number of fused-ring (bicyclic) bond motifs is 3. The molecule has 154 valence electrons. The van der Waals surface area contributed by atoms with E-state index in [1.54, 1.807) is 11.3 Å². The van der Waals surface area contributed by atoms with Crippen molar-refractivity contribution in [3.05, 3.63) is 57.9 Å². The van der Waals surface area contributed by atoms with E-state index in [0.29, 0.717) is 12.3 Å². The molecule has 5 rings (SSSR count). The highest BCUT2D eigenvalue weighted by molar-refractivity contribution is 8.01. The molecule has 0 aliphatic carbocycles. The molecule has 4 heterocycles. The maximum absolute atomic E-state index is 12.8. The molecule has 30 heavy (non-hydrogen) atoms. The van der Waals surface area contributed by atoms with Crippen molar-refractivity contribution in [3.8, 4) is 0 Å². The first-order chi connectivity index (χ1) is 14.8. The molecule has 0 unspecified atom stereocenters. The maximum atomic E-state index is 12.8. The second kappa shape index (κ2) is 8.79. The number of nitrogens with one attached hydrogen (secondary N) is 2. The Hall–Kier alpha value is -2.36. The first kappa shape index (κ1) is 19.6. The summed E-state index contributed by atoms with van der Waals surface area (Å²) in [7, 11) is 0. The summed E-state index contributed by atoms with van der Waals surface area (Å²) in [6.45, 7) is 2.26. The molecular formula is C21H21N5OS3. The van der Waals surface area contributed by atoms with Crippen molar-refractivity contribution in [2.75, 3.05) is 24.2 Å². The Labute approximate surface area is 186 Å². The SMILES string of the molecule is O=C(CSc1nnc(NCCc2cccs2)s1)N1CCc2[nH]c3ccccc3c2C1. The number of H-pyrrole nitrogens is 1. The molecule has 1 aromatic carbocycles. The number of thiophene rings is 1. The highest BCUT2D eigenvalue weighted by Gasteiger charge is 2.24. The van der Waals surface area contributed by atoms with Gasteiger partial charge in [-0.3, -0.25) is 4.79 Å². The molecule has 0 fully saturated rings. The standard InChI is InChI=1S/C21H21N5OS3/c27-19(26-10-8-18-16(12-26)15-5-1-2-6-17(15)23-18)13-29-21-25-24-20(30-21)22-9-7-14-4-3-11-28-14/h1-6,11,23H,7-10,12-13H2,(H,22,24). The summed E-state index contributed by atoms with van der Waals surface area (Å²) in [5.74, 6) is 0.542. The van der Waals surface area contributed by atoms with Crippen LogP contribution in [0.4, 0.5) is 5.13 Å². The van der Waals surface area contributed by atoms with Gasteiger partial charge in [0.05, 0.1) is 5.75 Å². The van der Waals surface area contributed by atoms with Gasteiger partial charge in [0, 0.05) is 53.1 Å². The number of benzene rings is 1. The number of nitrogens with zero attached hydrogens (tertiary/aromatic N) is 3. The second-order valence-corrected chi connectivity index (χ2v) is 10.3. The molecule has 0 radical (unpaired) electrons. The molecule has 2 N–H and O–H groups in total. The van der Waals surface area contributed by atoms with Gasteiger partial charge in [-0.25, -0.2) is 0 Å². The third-order valence-electron chi connectivity index (χ3n) is 5.19. The van der Waals surface area contributed by atoms with Crippen LogP contribution in [0.1, 0.15) is 16.1 Å². The van der Waals surface area contributed by atoms with E-state index in [1.165, 1.54) is 44.6 Å². The smallest absolute Gasteiger partial charge is 0.233 e. The molecule has 0 bridgehead atoms. The van der Waals surface area contributed by atoms with E-state index in [4.69, 9.17) is 0 Å². The predicted octanol–water partition coefficient (Wildman–Crippen LogP) is 4.41. The Balaban J connectivity index is 1.14. The van der Waals surface area contributed by atoms with Crippen LogP contribution in [0, 0.1) is 0 Å². The Morgan fingerprint density at radius 3 is 3.07 bits per heavy atom. The van der Waals surface area contributed by atoms with Crippen LogP contribution >= 0.6 is 34.4 Å². The summed E-state index contributed by atoms with van der Waals surface area (Å²) in [6.07, 6.45) is 1.85. The first-order valence-electron chi connectivity index (χ1n) is 9.85. The van der Waals surface area contributed by atoms with E-state index >= 15 is 0 Å². The van der Waals surface area contributed by atoms with E-state index in [9.17, 15) is 4.79 Å². The van der Waals surface area contributed by atoms with Crippen molar-refractivity contribution in [1.82, 2.24) is 20.1 Å². The van der Waals surface area contributed by atoms with Crippen LogP contribution in [0.3, 0.4) is 0 Å². The van der Waals surface area contributed by atoms with Crippen molar-refractivity contribution >= 4 is 56.4 Å². The number of carbonyl (C=O) groups excluding carboxylic acids is 1. The fourth-order valence-corrected chi connectivity index (χ4v) is 6.07. The topological polar surface area (TPSA) is 73.9 Å². The summed E-state index contributed by atoms with van der Waals surface area (Å²) in [6, 6.07) is 12.5. The summed E-state index contributed by atoms with van der Waals surface area (Å²) in [5.41, 5.74) is 3.66. The quantitative estimate of drug-likeness (QED) is 0.404. The molecule has 9 heteroatoms. The van der Waals surface area contributed by atoms with Gasteiger partial charge >= 0.3 is 0 Å². The number of hydrogen-bond donors (Lipinski definition) is 2. The summed E-state index contributed by atoms with van der Waals surface area (Å²) in [5, 5.41) is 15.8. The average Bonchev–Trinajstić information content (AvgIpc) is 3.51. The highest BCUT2D eigenvalue weighted by atomic mass is 32.2. The molecule has 0 spiro atoms. The minimum Gasteiger partial charge on any atom is -0.360 e. The number of aromatic amines is 1. The minimum atomic E-state index is 0.151. The zero-order valence-electron chi connectivity index (χ0n) is 16.3. The van der Waals surface area contributed by atoms with Gasteiger partial charge in [0.15, 0.2) is 4.34 Å². The van der Waals surface area contributed by atoms with Crippen LogP contribution in [0.5, 0.6) is 0 Å². The molecule has 1 aliphatic rings. The van der Waals surface area contributed by atoms with Gasteiger partial charge in [-0.1, -0.05) is 47.4 Å². The van der Waals surface area contributed by atoms with Gasteiger partial charge < -0.3 is 15.2 Å². The van der Waals surface area contributed by atoms with Crippen LogP contribution < -0.4 is 5.32 Å². The zero-order valence-corrected chi connectivity index (χ0v) is 18.7. The summed E-state index contributed by atoms with van der Waals surface area (Å²) >= 11 is 4.74. The van der Waals surface area contributed by atoms with Crippen molar-refractivity contribution < 1.29 is 4.79 Å². The third kappa shape index (κ3) is 4.23. The number of amides is 1. The average molecular weight is 456 g/mol. The van der Waals surface area contributed by atoms with E-state index in [1.807, 2.05) is 11.0 Å². The lowest BCUT2D eigenvalue weighted by Gasteiger charge is -2.27. The van der Waals surface area contributed by atoms with Crippen molar-refractivity contribution in [3.63, 3.8) is 0 Å². The molecule has 0 atom stereocenters. The van der Waals surface area contributed by atoms with Gasteiger partial charge in [-0.2, -0.15) is 0 Å². The van der Waals surface area contributed by atoms with Crippen LogP contribution in [0.2, 0.25) is 0 Å². The number of para-hydroxylation sites is 1. The van der Waals surface area contributed by atoms with Gasteiger partial charge in [0.25, 0.3) is 0 Å². The normalized spacial score (nSPS) is 13.5. The molecular weight excluding hydrogens is 434 g/mol. The highest BCUT2D eigenvalue weighted by Crippen LogP contribution is 2.29. The Morgan fingerprint density at radius 1 is 1.23 bits per heavy atom. The molecule has 0 saturated heterocycles. The van der Waals surface area contributed by atoms with E-state index < -0.39 is 0 Å². The lowest BCUT2D eigenvalue weighted by Crippen LogP contribution is -2.36. The monoisotopic (exact) mass is 455 g/mol. The number of rotatable bonds is 7. The second-order valence-electron chi connectivity index (χ2n) is 7.11. The van der Waals surface area contributed by atoms with Crippen LogP contribution in [-0.4, -0.2) is 44.8 Å². The Kier molecular flexibility index (Phi) is 5.74. The molecule has 1 aliphatic heterocycles. The molecule has 4 aromatic rings. The van der Waals surface area contributed by atoms with Crippen LogP contribution in [-0.2, 0) is 24.2 Å². The summed E-state index contributed by atoms with van der Waals surface area (Å²) < 4.78 is 0.826. The van der Waals surface area contributed by atoms with E-state index in [0.717, 1.165) is 40.9 Å². The zero-order chi connectivity index (χ0) is 20.3. The van der Waals surface area contributed by atoms with E-state index in [2.05, 4.69) is 56.2 Å². The Morgan fingerprint density at radius 2 is 2.17 bits per heavy atom. The van der Waals surface area contributed by atoms with Gasteiger partial charge in [0.2, 0.25) is 11.0 Å². The molecule has 3 aromatic heterocycles. The van der Waals surface area contributed by atoms with Gasteiger partial charge in [-0.05, 0) is 23.9 Å². The maximum Gasteiger partial charge on any atom is 0.233 e. The van der Waals surface area contributed by atoms with E-state index in [-0.39, 0.29) is 5.91 Å². The largest absolute Gasteiger partial charge is 0.360 e. The minimum absolute atomic E-state index is 0.151.